The third-order valence-corrected chi connectivity index (χ3v) is 3.76. The van der Waals surface area contributed by atoms with Crippen molar-refractivity contribution in [3.63, 3.8) is 0 Å². The van der Waals surface area contributed by atoms with Gasteiger partial charge in [-0.1, -0.05) is 19.1 Å². The summed E-state index contributed by atoms with van der Waals surface area (Å²) in [5.41, 5.74) is 1.27. The Hall–Kier alpha value is -1.42. The van der Waals surface area contributed by atoms with Crippen LogP contribution in [-0.4, -0.2) is 11.0 Å². The molecule has 1 N–H and O–H groups in total. The molecule has 1 saturated carbocycles. The van der Waals surface area contributed by atoms with Crippen LogP contribution in [0.15, 0.2) is 24.3 Å². The van der Waals surface area contributed by atoms with Crippen LogP contribution in [0.1, 0.15) is 38.2 Å². The molecule has 0 saturated heterocycles. The van der Waals surface area contributed by atoms with E-state index in [-0.39, 0.29) is 10.6 Å². The average Bonchev–Trinajstić information content (AvgIpc) is 2.38. The Morgan fingerprint density at radius 2 is 1.83 bits per heavy atom. The molecule has 1 aliphatic carbocycles. The number of hydrogen-bond acceptors (Lipinski definition) is 3. The minimum atomic E-state index is -0.361. The molecule has 4 heteroatoms. The second kappa shape index (κ2) is 5.96. The van der Waals surface area contributed by atoms with Gasteiger partial charge < -0.3 is 5.32 Å². The molecule has 0 spiro atoms. The monoisotopic (exact) mass is 248 g/mol. The maximum atomic E-state index is 10.5. The molecule has 0 aromatic heterocycles. The molecule has 0 aliphatic heterocycles. The number of hydrogen-bond donors (Lipinski definition) is 1. The van der Waals surface area contributed by atoms with Gasteiger partial charge in [0.2, 0.25) is 0 Å². The van der Waals surface area contributed by atoms with Crippen LogP contribution < -0.4 is 5.32 Å². The molecule has 18 heavy (non-hydrogen) atoms. The van der Waals surface area contributed by atoms with Gasteiger partial charge in [0.1, 0.15) is 0 Å². The topological polar surface area (TPSA) is 55.2 Å². The predicted octanol–water partition coefficient (Wildman–Crippen LogP) is 3.26. The molecule has 1 aliphatic rings. The van der Waals surface area contributed by atoms with Gasteiger partial charge in [-0.05, 0) is 37.2 Å². The van der Waals surface area contributed by atoms with Gasteiger partial charge in [-0.3, -0.25) is 10.1 Å². The van der Waals surface area contributed by atoms with Crippen LogP contribution >= 0.6 is 0 Å². The first-order valence-electron chi connectivity index (χ1n) is 6.62. The number of nitro benzene ring substituents is 1. The number of benzene rings is 1. The lowest BCUT2D eigenvalue weighted by Crippen LogP contribution is -2.32. The fourth-order valence-electron chi connectivity index (χ4n) is 2.46. The summed E-state index contributed by atoms with van der Waals surface area (Å²) in [5, 5.41) is 14.1. The summed E-state index contributed by atoms with van der Waals surface area (Å²) in [5.74, 6) is 0.863. The van der Waals surface area contributed by atoms with E-state index in [1.54, 1.807) is 12.1 Å². The molecule has 0 atom stereocenters. The van der Waals surface area contributed by atoms with E-state index in [2.05, 4.69) is 12.2 Å². The van der Waals surface area contributed by atoms with Crippen LogP contribution in [0.5, 0.6) is 0 Å². The van der Waals surface area contributed by atoms with Crippen LogP contribution in [0.25, 0.3) is 0 Å². The first-order valence-corrected chi connectivity index (χ1v) is 6.62. The maximum absolute atomic E-state index is 10.5. The highest BCUT2D eigenvalue weighted by molar-refractivity contribution is 5.32. The number of nitro groups is 1. The Morgan fingerprint density at radius 1 is 1.22 bits per heavy atom. The van der Waals surface area contributed by atoms with Crippen LogP contribution in [0.3, 0.4) is 0 Å². The van der Waals surface area contributed by atoms with E-state index in [0.29, 0.717) is 6.04 Å². The maximum Gasteiger partial charge on any atom is 0.269 e. The summed E-state index contributed by atoms with van der Waals surface area (Å²) in [6.07, 6.45) is 5.10. The summed E-state index contributed by atoms with van der Waals surface area (Å²) in [7, 11) is 0. The van der Waals surface area contributed by atoms with Crippen molar-refractivity contribution in [1.29, 1.82) is 0 Å². The van der Waals surface area contributed by atoms with E-state index in [1.165, 1.54) is 25.7 Å². The Balaban J connectivity index is 1.81. The van der Waals surface area contributed by atoms with E-state index in [0.717, 1.165) is 18.0 Å². The lowest BCUT2D eigenvalue weighted by molar-refractivity contribution is -0.384. The van der Waals surface area contributed by atoms with Crippen LogP contribution in [-0.2, 0) is 6.54 Å². The van der Waals surface area contributed by atoms with Crippen molar-refractivity contribution in [2.75, 3.05) is 0 Å². The highest BCUT2D eigenvalue weighted by Gasteiger charge is 2.17. The van der Waals surface area contributed by atoms with Gasteiger partial charge in [-0.25, -0.2) is 0 Å². The van der Waals surface area contributed by atoms with Gasteiger partial charge in [-0.15, -0.1) is 0 Å². The van der Waals surface area contributed by atoms with Gasteiger partial charge in [0.15, 0.2) is 0 Å². The Bertz CT molecular complexity index is 395. The Morgan fingerprint density at radius 3 is 2.39 bits per heavy atom. The van der Waals surface area contributed by atoms with E-state index in [1.807, 2.05) is 12.1 Å². The normalized spacial score (nSPS) is 23.8. The Labute approximate surface area is 108 Å². The SMILES string of the molecule is CC1CCC(NCc2ccc([N+](=O)[O-])cc2)CC1. The minimum Gasteiger partial charge on any atom is -0.310 e. The summed E-state index contributed by atoms with van der Waals surface area (Å²) >= 11 is 0. The standard InChI is InChI=1S/C14H20N2O2/c1-11-2-6-13(7-3-11)15-10-12-4-8-14(9-5-12)16(17)18/h4-5,8-9,11,13,15H,2-3,6-7,10H2,1H3. The van der Waals surface area contributed by atoms with Crippen molar-refractivity contribution in [3.05, 3.63) is 39.9 Å². The van der Waals surface area contributed by atoms with Gasteiger partial charge in [0, 0.05) is 24.7 Å². The van der Waals surface area contributed by atoms with Crippen molar-refractivity contribution in [1.82, 2.24) is 5.32 Å². The molecule has 0 unspecified atom stereocenters. The zero-order valence-corrected chi connectivity index (χ0v) is 10.8. The second-order valence-electron chi connectivity index (χ2n) is 5.26. The van der Waals surface area contributed by atoms with Gasteiger partial charge >= 0.3 is 0 Å². The molecular weight excluding hydrogens is 228 g/mol. The number of nitrogens with zero attached hydrogens (tertiary/aromatic N) is 1. The minimum absolute atomic E-state index is 0.158. The quantitative estimate of drug-likeness (QED) is 0.657. The smallest absolute Gasteiger partial charge is 0.269 e. The van der Waals surface area contributed by atoms with Crippen molar-refractivity contribution in [3.8, 4) is 0 Å². The number of nitrogens with one attached hydrogen (secondary N) is 1. The summed E-state index contributed by atoms with van der Waals surface area (Å²) in [6, 6.07) is 7.41. The molecule has 1 aromatic carbocycles. The van der Waals surface area contributed by atoms with E-state index in [4.69, 9.17) is 0 Å². The summed E-state index contributed by atoms with van der Waals surface area (Å²) in [6.45, 7) is 3.11. The lowest BCUT2D eigenvalue weighted by atomic mass is 9.87. The van der Waals surface area contributed by atoms with Crippen LogP contribution in [0, 0.1) is 16.0 Å². The molecular formula is C14H20N2O2. The van der Waals surface area contributed by atoms with Crippen LogP contribution in [0.2, 0.25) is 0 Å². The van der Waals surface area contributed by atoms with Crippen molar-refractivity contribution in [2.24, 2.45) is 5.92 Å². The van der Waals surface area contributed by atoms with Gasteiger partial charge in [-0.2, -0.15) is 0 Å². The number of rotatable bonds is 4. The molecule has 1 aromatic rings. The molecule has 4 nitrogen and oxygen atoms in total. The highest BCUT2D eigenvalue weighted by Crippen LogP contribution is 2.23. The molecule has 0 heterocycles. The third kappa shape index (κ3) is 3.53. The van der Waals surface area contributed by atoms with Crippen molar-refractivity contribution in [2.45, 2.75) is 45.2 Å². The zero-order valence-electron chi connectivity index (χ0n) is 10.8. The molecule has 0 bridgehead atoms. The summed E-state index contributed by atoms with van der Waals surface area (Å²) in [4.78, 5) is 10.2. The average molecular weight is 248 g/mol. The lowest BCUT2D eigenvalue weighted by Gasteiger charge is -2.27. The first-order chi connectivity index (χ1) is 8.65. The molecule has 1 fully saturated rings. The van der Waals surface area contributed by atoms with Crippen molar-refractivity contribution < 1.29 is 4.92 Å². The first kappa shape index (κ1) is 13.0. The fraction of sp³-hybridized carbons (Fsp3) is 0.571. The molecule has 0 amide bonds. The van der Waals surface area contributed by atoms with E-state index in [9.17, 15) is 10.1 Å². The zero-order chi connectivity index (χ0) is 13.0. The van der Waals surface area contributed by atoms with E-state index < -0.39 is 0 Å². The Kier molecular flexibility index (Phi) is 4.31. The van der Waals surface area contributed by atoms with Crippen molar-refractivity contribution >= 4 is 5.69 Å². The van der Waals surface area contributed by atoms with Gasteiger partial charge in [0.25, 0.3) is 5.69 Å². The highest BCUT2D eigenvalue weighted by atomic mass is 16.6. The summed E-state index contributed by atoms with van der Waals surface area (Å²) < 4.78 is 0. The van der Waals surface area contributed by atoms with E-state index >= 15 is 0 Å². The molecule has 0 radical (unpaired) electrons. The largest absolute Gasteiger partial charge is 0.310 e. The number of non-ortho nitro benzene ring substituents is 1. The predicted molar refractivity (Wildman–Crippen MR) is 71.4 cm³/mol. The second-order valence-corrected chi connectivity index (χ2v) is 5.26. The third-order valence-electron chi connectivity index (χ3n) is 3.76. The fourth-order valence-corrected chi connectivity index (χ4v) is 2.46. The molecule has 98 valence electrons. The molecule has 2 rings (SSSR count). The van der Waals surface area contributed by atoms with Crippen LogP contribution in [0.4, 0.5) is 5.69 Å². The van der Waals surface area contributed by atoms with Gasteiger partial charge in [0.05, 0.1) is 4.92 Å².